The van der Waals surface area contributed by atoms with E-state index in [1.54, 1.807) is 5.84 Å². The van der Waals surface area contributed by atoms with E-state index in [-0.39, 0.29) is 37.7 Å². The second-order valence-corrected chi connectivity index (χ2v) is 7.60. The molecule has 0 saturated heterocycles. The zero-order valence-electron chi connectivity index (χ0n) is 5.33. The zero-order valence-corrected chi connectivity index (χ0v) is 7.03. The van der Waals surface area contributed by atoms with E-state index in [9.17, 15) is 0 Å². The van der Waals surface area contributed by atoms with Crippen LogP contribution in [0.1, 0.15) is 0 Å². The van der Waals surface area contributed by atoms with E-state index in [1.807, 2.05) is 0 Å². The summed E-state index contributed by atoms with van der Waals surface area (Å²) >= 11 is 0. The molecule has 0 N–H and O–H groups in total. The molecule has 8 heavy (non-hydrogen) atoms. The van der Waals surface area contributed by atoms with Crippen molar-refractivity contribution in [1.82, 2.24) is 0 Å². The van der Waals surface area contributed by atoms with E-state index in [0.717, 1.165) is 0 Å². The summed E-state index contributed by atoms with van der Waals surface area (Å²) in [6.45, 7) is 6.31. The molecule has 0 rings (SSSR count). The van der Waals surface area contributed by atoms with Crippen molar-refractivity contribution in [2.45, 2.75) is 19.6 Å². The topological polar surface area (TPSA) is 36.4 Å². The van der Waals surface area contributed by atoms with Crippen molar-refractivity contribution in [3.63, 3.8) is 0 Å². The third kappa shape index (κ3) is 9.97. The van der Waals surface area contributed by atoms with Crippen LogP contribution in [-0.2, 0) is 0 Å². The molecule has 0 saturated carbocycles. The quantitative estimate of drug-likeness (QED) is 0.235. The van der Waals surface area contributed by atoms with Gasteiger partial charge in [0, 0.05) is 37.7 Å². The smallest absolute Gasteiger partial charge is 0.226 e. The van der Waals surface area contributed by atoms with Crippen LogP contribution in [0, 0.1) is 37.7 Å². The van der Waals surface area contributed by atoms with Crippen LogP contribution in [0.25, 0.3) is 5.53 Å². The molecule has 0 spiro atoms. The second-order valence-electron chi connectivity index (χ2n) is 2.61. The van der Waals surface area contributed by atoms with Crippen molar-refractivity contribution in [2.75, 3.05) is 0 Å². The summed E-state index contributed by atoms with van der Waals surface area (Å²) in [6.07, 6.45) is 0. The van der Waals surface area contributed by atoms with E-state index < -0.39 is 8.07 Å². The molecular formula is C4H10ArN2Si. The molecule has 2 nitrogen and oxygen atoms in total. The first kappa shape index (κ1) is 11.6. The third-order valence-corrected chi connectivity index (χ3v) is 1.34. The van der Waals surface area contributed by atoms with E-state index in [4.69, 9.17) is 5.53 Å². The Morgan fingerprint density at radius 3 is 1.75 bits per heavy atom. The molecule has 4 heteroatoms. The Bertz CT molecular complexity index is 101. The molecule has 0 fully saturated rings. The van der Waals surface area contributed by atoms with Gasteiger partial charge in [-0.3, -0.25) is 0 Å². The van der Waals surface area contributed by atoms with E-state index in [2.05, 4.69) is 24.4 Å². The molecule has 0 radical (unpaired) electrons. The fraction of sp³-hybridized carbons (Fsp3) is 0.750. The second kappa shape index (κ2) is 4.71. The van der Waals surface area contributed by atoms with Gasteiger partial charge in [0.05, 0.1) is 0 Å². The van der Waals surface area contributed by atoms with Crippen molar-refractivity contribution in [2.24, 2.45) is 0 Å². The molecule has 48 valence electrons. The Labute approximate surface area is 80.9 Å². The van der Waals surface area contributed by atoms with E-state index >= 15 is 0 Å². The molecule has 0 aliphatic carbocycles. The Morgan fingerprint density at radius 1 is 1.38 bits per heavy atom. The van der Waals surface area contributed by atoms with Crippen LogP contribution >= 0.6 is 0 Å². The fourth-order valence-corrected chi connectivity index (χ4v) is 0.520. The molecular weight excluding hydrogens is 144 g/mol. The van der Waals surface area contributed by atoms with Crippen LogP contribution in [0.3, 0.4) is 0 Å². The standard InChI is InChI=1S/C4H10N2Si.Ar/c1-7(2,3)4-6-5;/h4H,1-3H3;. The first-order valence-corrected chi connectivity index (χ1v) is 5.82. The summed E-state index contributed by atoms with van der Waals surface area (Å²) in [7, 11) is -1.20. The van der Waals surface area contributed by atoms with Crippen molar-refractivity contribution < 1.29 is 42.5 Å². The van der Waals surface area contributed by atoms with E-state index in [1.165, 1.54) is 0 Å². The van der Waals surface area contributed by atoms with Crippen molar-refractivity contribution in [3.05, 3.63) is 5.53 Å². The first-order chi connectivity index (χ1) is 3.06. The van der Waals surface area contributed by atoms with Crippen molar-refractivity contribution in [1.29, 1.82) is 0 Å². The molecule has 0 atom stereocenters. The average molecular weight is 154 g/mol. The monoisotopic (exact) mass is 154 g/mol. The summed E-state index contributed by atoms with van der Waals surface area (Å²) in [5, 5.41) is 0. The summed E-state index contributed by atoms with van der Waals surface area (Å²) in [6, 6.07) is 0. The molecule has 0 aliphatic rings. The Morgan fingerprint density at radius 2 is 1.75 bits per heavy atom. The van der Waals surface area contributed by atoms with Gasteiger partial charge in [-0.05, 0) is 0 Å². The minimum absolute atomic E-state index is 0. The van der Waals surface area contributed by atoms with Crippen LogP contribution in [-0.4, -0.2) is 18.7 Å². The minimum Gasteiger partial charge on any atom is -0.363 e. The molecule has 0 heterocycles. The minimum atomic E-state index is -1.20. The number of nitrogens with zero attached hydrogens (tertiary/aromatic N) is 2. The maximum absolute atomic E-state index is 8.01. The van der Waals surface area contributed by atoms with Crippen LogP contribution in [0.2, 0.25) is 19.6 Å². The normalized spacial score (nSPS) is 8.88. The number of hydrogen-bond donors (Lipinski definition) is 0. The number of rotatable bonds is 1. The maximum Gasteiger partial charge on any atom is 0.226 e. The average Bonchev–Trinajstić information content (AvgIpc) is 1.30. The predicted molar refractivity (Wildman–Crippen MR) is 33.0 cm³/mol. The zero-order chi connectivity index (χ0) is 5.91. The summed E-state index contributed by atoms with van der Waals surface area (Å²) in [5.41, 5.74) is 8.01. The van der Waals surface area contributed by atoms with Crippen molar-refractivity contribution in [3.8, 4) is 0 Å². The molecule has 0 aliphatic heterocycles. The summed E-state index contributed by atoms with van der Waals surface area (Å²) in [5.74, 6) is 1.63. The van der Waals surface area contributed by atoms with Gasteiger partial charge >= 0.3 is 0 Å². The van der Waals surface area contributed by atoms with E-state index in [0.29, 0.717) is 0 Å². The predicted octanol–water partition coefficient (Wildman–Crippen LogP) is 1.16. The first-order valence-electron chi connectivity index (χ1n) is 2.25. The van der Waals surface area contributed by atoms with Crippen LogP contribution in [0.15, 0.2) is 0 Å². The van der Waals surface area contributed by atoms with Gasteiger partial charge in [-0.2, -0.15) is 4.79 Å². The number of hydrogen-bond acceptors (Lipinski definition) is 0. The maximum atomic E-state index is 8.01. The van der Waals surface area contributed by atoms with Crippen LogP contribution < -0.4 is 0 Å². The fourth-order valence-electron chi connectivity index (χ4n) is 0.173. The van der Waals surface area contributed by atoms with Gasteiger partial charge < -0.3 is 5.53 Å². The van der Waals surface area contributed by atoms with Crippen LogP contribution in [0.4, 0.5) is 0 Å². The van der Waals surface area contributed by atoms with Gasteiger partial charge in [-0.25, -0.2) is 0 Å². The van der Waals surface area contributed by atoms with Gasteiger partial charge in [0.1, 0.15) is 0 Å². The molecule has 0 amide bonds. The Balaban J connectivity index is 0. The van der Waals surface area contributed by atoms with Gasteiger partial charge in [-0.15, -0.1) is 0 Å². The molecule has 0 aromatic rings. The molecule has 0 bridgehead atoms. The van der Waals surface area contributed by atoms with Gasteiger partial charge in [0.25, 0.3) is 0 Å². The summed E-state index contributed by atoms with van der Waals surface area (Å²) in [4.78, 5) is 2.94. The summed E-state index contributed by atoms with van der Waals surface area (Å²) < 4.78 is 0. The largest absolute Gasteiger partial charge is 0.363 e. The third-order valence-electron chi connectivity index (χ3n) is 0.445. The SMILES string of the molecule is C[Si](C)(C)C=[N+]=[N-].[Ar]. The molecule has 0 aromatic carbocycles. The molecule has 0 unspecified atom stereocenters. The van der Waals surface area contributed by atoms with Gasteiger partial charge in [-0.1, -0.05) is 19.6 Å². The Kier molecular flexibility index (Phi) is 6.84. The van der Waals surface area contributed by atoms with Gasteiger partial charge in [0.15, 0.2) is 8.07 Å². The Hall–Kier alpha value is 0.857. The van der Waals surface area contributed by atoms with Gasteiger partial charge in [0.2, 0.25) is 5.84 Å². The van der Waals surface area contributed by atoms with Crippen LogP contribution in [0.5, 0.6) is 0 Å². The molecule has 0 aromatic heterocycles. The van der Waals surface area contributed by atoms with Crippen molar-refractivity contribution >= 4 is 13.9 Å².